The summed E-state index contributed by atoms with van der Waals surface area (Å²) in [4.78, 5) is 2.38. The summed E-state index contributed by atoms with van der Waals surface area (Å²) in [7, 11) is 0. The van der Waals surface area contributed by atoms with Gasteiger partial charge in [0, 0.05) is 25.2 Å². The van der Waals surface area contributed by atoms with Crippen molar-refractivity contribution in [2.75, 3.05) is 26.2 Å². The standard InChI is InChI=1S/C11H19ClN2O/c1-3-14(4-2)7-6-13-9-10-5-8-15-11(10)12/h5,8,13H,3-4,6-7,9H2,1-2H3. The molecule has 0 atom stereocenters. The van der Waals surface area contributed by atoms with E-state index in [0.29, 0.717) is 5.22 Å². The van der Waals surface area contributed by atoms with E-state index in [1.807, 2.05) is 6.07 Å². The Morgan fingerprint density at radius 1 is 1.40 bits per heavy atom. The molecule has 4 heteroatoms. The lowest BCUT2D eigenvalue weighted by Gasteiger charge is -2.17. The molecule has 1 heterocycles. The molecule has 0 spiro atoms. The van der Waals surface area contributed by atoms with E-state index in [1.54, 1.807) is 6.26 Å². The summed E-state index contributed by atoms with van der Waals surface area (Å²) in [5, 5.41) is 3.83. The van der Waals surface area contributed by atoms with E-state index in [4.69, 9.17) is 16.0 Å². The van der Waals surface area contributed by atoms with Crippen molar-refractivity contribution in [2.45, 2.75) is 20.4 Å². The molecule has 0 saturated carbocycles. The molecule has 1 aromatic rings. The van der Waals surface area contributed by atoms with Crippen molar-refractivity contribution >= 4 is 11.6 Å². The van der Waals surface area contributed by atoms with Gasteiger partial charge in [-0.05, 0) is 30.8 Å². The lowest BCUT2D eigenvalue weighted by molar-refractivity contribution is 0.302. The second-order valence-electron chi connectivity index (χ2n) is 3.42. The molecule has 0 amide bonds. The third kappa shape index (κ3) is 4.24. The first-order valence-electron chi connectivity index (χ1n) is 5.42. The molecule has 0 bridgehead atoms. The van der Waals surface area contributed by atoms with E-state index in [2.05, 4.69) is 24.1 Å². The summed E-state index contributed by atoms with van der Waals surface area (Å²) < 4.78 is 5.00. The normalized spacial score (nSPS) is 11.2. The van der Waals surface area contributed by atoms with E-state index in [0.717, 1.165) is 38.3 Å². The minimum atomic E-state index is 0.491. The Kier molecular flexibility index (Phi) is 5.76. The van der Waals surface area contributed by atoms with Crippen LogP contribution in [0.2, 0.25) is 5.22 Å². The number of rotatable bonds is 7. The first-order valence-corrected chi connectivity index (χ1v) is 5.80. The van der Waals surface area contributed by atoms with E-state index >= 15 is 0 Å². The molecular formula is C11H19ClN2O. The summed E-state index contributed by atoms with van der Waals surface area (Å²) >= 11 is 5.82. The number of likely N-dealkylation sites (N-methyl/N-ethyl adjacent to an activating group) is 1. The second-order valence-corrected chi connectivity index (χ2v) is 3.77. The number of nitrogens with one attached hydrogen (secondary N) is 1. The van der Waals surface area contributed by atoms with E-state index < -0.39 is 0 Å². The molecule has 0 aliphatic heterocycles. The fourth-order valence-electron chi connectivity index (χ4n) is 1.45. The summed E-state index contributed by atoms with van der Waals surface area (Å²) in [5.41, 5.74) is 1.02. The maximum Gasteiger partial charge on any atom is 0.197 e. The minimum Gasteiger partial charge on any atom is -0.453 e. The average molecular weight is 231 g/mol. The van der Waals surface area contributed by atoms with Crippen molar-refractivity contribution in [3.05, 3.63) is 23.1 Å². The maximum atomic E-state index is 5.82. The van der Waals surface area contributed by atoms with Gasteiger partial charge in [-0.15, -0.1) is 0 Å². The predicted molar refractivity (Wildman–Crippen MR) is 63.2 cm³/mol. The van der Waals surface area contributed by atoms with Crippen LogP contribution >= 0.6 is 11.6 Å². The summed E-state index contributed by atoms with van der Waals surface area (Å²) in [6.07, 6.45) is 1.61. The number of nitrogens with zero attached hydrogens (tertiary/aromatic N) is 1. The van der Waals surface area contributed by atoms with Crippen LogP contribution in [-0.2, 0) is 6.54 Å². The van der Waals surface area contributed by atoms with Gasteiger partial charge in [0.2, 0.25) is 0 Å². The highest BCUT2D eigenvalue weighted by molar-refractivity contribution is 6.29. The van der Waals surface area contributed by atoms with Crippen LogP contribution in [0.3, 0.4) is 0 Å². The minimum absolute atomic E-state index is 0.491. The number of hydrogen-bond acceptors (Lipinski definition) is 3. The van der Waals surface area contributed by atoms with Gasteiger partial charge >= 0.3 is 0 Å². The van der Waals surface area contributed by atoms with Gasteiger partial charge in [0.1, 0.15) is 0 Å². The molecule has 0 unspecified atom stereocenters. The highest BCUT2D eigenvalue weighted by atomic mass is 35.5. The van der Waals surface area contributed by atoms with Gasteiger partial charge in [-0.25, -0.2) is 0 Å². The zero-order valence-electron chi connectivity index (χ0n) is 9.42. The van der Waals surface area contributed by atoms with Gasteiger partial charge < -0.3 is 14.6 Å². The Morgan fingerprint density at radius 2 is 2.13 bits per heavy atom. The third-order valence-corrected chi connectivity index (χ3v) is 2.84. The predicted octanol–water partition coefficient (Wildman–Crippen LogP) is 2.36. The Balaban J connectivity index is 2.14. The van der Waals surface area contributed by atoms with Gasteiger partial charge in [0.15, 0.2) is 5.22 Å². The van der Waals surface area contributed by atoms with Crippen molar-refractivity contribution in [2.24, 2.45) is 0 Å². The number of halogens is 1. The summed E-state index contributed by atoms with van der Waals surface area (Å²) in [6, 6.07) is 1.90. The first-order chi connectivity index (χ1) is 7.27. The maximum absolute atomic E-state index is 5.82. The molecule has 0 radical (unpaired) electrons. The SMILES string of the molecule is CCN(CC)CCNCc1ccoc1Cl. The fourth-order valence-corrected chi connectivity index (χ4v) is 1.63. The van der Waals surface area contributed by atoms with Crippen LogP contribution < -0.4 is 5.32 Å². The smallest absolute Gasteiger partial charge is 0.197 e. The van der Waals surface area contributed by atoms with Crippen molar-refractivity contribution in [1.29, 1.82) is 0 Å². The highest BCUT2D eigenvalue weighted by Gasteiger charge is 2.02. The number of furan rings is 1. The molecular weight excluding hydrogens is 212 g/mol. The lowest BCUT2D eigenvalue weighted by Crippen LogP contribution is -2.31. The molecule has 15 heavy (non-hydrogen) atoms. The van der Waals surface area contributed by atoms with Gasteiger partial charge in [-0.2, -0.15) is 0 Å². The molecule has 1 aromatic heterocycles. The Labute approximate surface area is 96.4 Å². The van der Waals surface area contributed by atoms with Gasteiger partial charge in [0.05, 0.1) is 6.26 Å². The van der Waals surface area contributed by atoms with Crippen LogP contribution in [0, 0.1) is 0 Å². The third-order valence-electron chi connectivity index (χ3n) is 2.51. The zero-order valence-corrected chi connectivity index (χ0v) is 10.2. The van der Waals surface area contributed by atoms with Crippen molar-refractivity contribution < 1.29 is 4.42 Å². The molecule has 1 rings (SSSR count). The molecule has 3 nitrogen and oxygen atoms in total. The Hall–Kier alpha value is -0.510. The lowest BCUT2D eigenvalue weighted by atomic mass is 10.3. The van der Waals surface area contributed by atoms with E-state index in [-0.39, 0.29) is 0 Å². The van der Waals surface area contributed by atoms with E-state index in [9.17, 15) is 0 Å². The average Bonchev–Trinajstić information content (AvgIpc) is 2.65. The monoisotopic (exact) mass is 230 g/mol. The van der Waals surface area contributed by atoms with Crippen molar-refractivity contribution in [3.8, 4) is 0 Å². The van der Waals surface area contributed by atoms with Crippen LogP contribution in [0.25, 0.3) is 0 Å². The Bertz CT molecular complexity index is 271. The summed E-state index contributed by atoms with van der Waals surface area (Å²) in [6.45, 7) is 9.38. The van der Waals surface area contributed by atoms with Crippen LogP contribution in [0.1, 0.15) is 19.4 Å². The van der Waals surface area contributed by atoms with Crippen LogP contribution in [0.5, 0.6) is 0 Å². The second kappa shape index (κ2) is 6.88. The van der Waals surface area contributed by atoms with Gasteiger partial charge in [0.25, 0.3) is 0 Å². The van der Waals surface area contributed by atoms with E-state index in [1.165, 1.54) is 0 Å². The fraction of sp³-hybridized carbons (Fsp3) is 0.636. The molecule has 0 fully saturated rings. The number of hydrogen-bond donors (Lipinski definition) is 1. The van der Waals surface area contributed by atoms with Crippen LogP contribution in [0.15, 0.2) is 16.7 Å². The van der Waals surface area contributed by atoms with Gasteiger partial charge in [-0.1, -0.05) is 13.8 Å². The molecule has 86 valence electrons. The van der Waals surface area contributed by atoms with Crippen molar-refractivity contribution in [3.63, 3.8) is 0 Å². The van der Waals surface area contributed by atoms with Crippen molar-refractivity contribution in [1.82, 2.24) is 10.2 Å². The summed E-state index contributed by atoms with van der Waals surface area (Å²) in [5.74, 6) is 0. The topological polar surface area (TPSA) is 28.4 Å². The first kappa shape index (κ1) is 12.6. The molecule has 1 N–H and O–H groups in total. The van der Waals surface area contributed by atoms with Gasteiger partial charge in [-0.3, -0.25) is 0 Å². The van der Waals surface area contributed by atoms with Crippen LogP contribution in [0.4, 0.5) is 0 Å². The van der Waals surface area contributed by atoms with Crippen LogP contribution in [-0.4, -0.2) is 31.1 Å². The Morgan fingerprint density at radius 3 is 2.67 bits per heavy atom. The molecule has 0 aromatic carbocycles. The quantitative estimate of drug-likeness (QED) is 0.729. The molecule has 0 aliphatic carbocycles. The highest BCUT2D eigenvalue weighted by Crippen LogP contribution is 2.15. The molecule has 0 aliphatic rings. The largest absolute Gasteiger partial charge is 0.453 e. The zero-order chi connectivity index (χ0) is 11.1. The molecule has 0 saturated heterocycles.